The van der Waals surface area contributed by atoms with E-state index in [9.17, 15) is 0 Å². The summed E-state index contributed by atoms with van der Waals surface area (Å²) in [5.74, 6) is 2.94. The van der Waals surface area contributed by atoms with Crippen molar-refractivity contribution in [3.05, 3.63) is 54.2 Å². The Morgan fingerprint density at radius 1 is 1.11 bits per heavy atom. The van der Waals surface area contributed by atoms with Crippen LogP contribution < -0.4 is 15.0 Å². The molecule has 27 heavy (non-hydrogen) atoms. The van der Waals surface area contributed by atoms with E-state index in [2.05, 4.69) is 37.2 Å². The van der Waals surface area contributed by atoms with Crippen LogP contribution in [-0.2, 0) is 6.42 Å². The van der Waals surface area contributed by atoms with Crippen LogP contribution in [-0.4, -0.2) is 62.7 Å². The van der Waals surface area contributed by atoms with E-state index in [1.54, 1.807) is 7.11 Å². The van der Waals surface area contributed by atoms with Crippen molar-refractivity contribution in [1.29, 1.82) is 0 Å². The molecule has 1 aliphatic rings. The van der Waals surface area contributed by atoms with Crippen molar-refractivity contribution in [2.75, 3.05) is 51.8 Å². The van der Waals surface area contributed by atoms with Crippen molar-refractivity contribution < 1.29 is 4.74 Å². The Bertz CT molecular complexity index is 717. The Morgan fingerprint density at radius 3 is 2.52 bits per heavy atom. The molecule has 0 amide bonds. The number of nitrogens with zero attached hydrogens (tertiary/aromatic N) is 4. The van der Waals surface area contributed by atoms with Gasteiger partial charge in [-0.15, -0.1) is 24.0 Å². The minimum atomic E-state index is 0. The first kappa shape index (κ1) is 21.3. The second-order valence-corrected chi connectivity index (χ2v) is 6.20. The van der Waals surface area contributed by atoms with E-state index in [1.165, 1.54) is 5.56 Å². The van der Waals surface area contributed by atoms with Crippen LogP contribution in [0, 0.1) is 0 Å². The van der Waals surface area contributed by atoms with E-state index in [-0.39, 0.29) is 24.0 Å². The van der Waals surface area contributed by atoms with Gasteiger partial charge in [0, 0.05) is 46.0 Å². The van der Waals surface area contributed by atoms with Gasteiger partial charge in [0.1, 0.15) is 11.6 Å². The highest BCUT2D eigenvalue weighted by atomic mass is 127. The molecule has 0 atom stereocenters. The van der Waals surface area contributed by atoms with Crippen LogP contribution in [0.4, 0.5) is 5.82 Å². The number of para-hydroxylation sites is 1. The molecule has 1 N–H and O–H groups in total. The number of aromatic nitrogens is 1. The van der Waals surface area contributed by atoms with Crippen molar-refractivity contribution in [3.8, 4) is 5.75 Å². The molecule has 146 valence electrons. The van der Waals surface area contributed by atoms with Crippen LogP contribution in [0.1, 0.15) is 5.56 Å². The third-order valence-corrected chi connectivity index (χ3v) is 4.63. The SMILES string of the molecule is CN=C(NCCc1ccccc1OC)N1CCN(c2ccccn2)CC1.I. The number of halogens is 1. The minimum absolute atomic E-state index is 0. The second kappa shape index (κ2) is 11.0. The van der Waals surface area contributed by atoms with E-state index in [4.69, 9.17) is 4.74 Å². The maximum Gasteiger partial charge on any atom is 0.193 e. The zero-order valence-electron chi connectivity index (χ0n) is 16.0. The van der Waals surface area contributed by atoms with Crippen LogP contribution in [0.25, 0.3) is 0 Å². The molecule has 1 aromatic carbocycles. The van der Waals surface area contributed by atoms with Crippen LogP contribution >= 0.6 is 24.0 Å². The zero-order chi connectivity index (χ0) is 18.2. The van der Waals surface area contributed by atoms with Crippen LogP contribution in [0.3, 0.4) is 0 Å². The molecule has 0 saturated carbocycles. The topological polar surface area (TPSA) is 53.0 Å². The number of guanidine groups is 1. The number of anilines is 1. The number of hydrogen-bond acceptors (Lipinski definition) is 4. The van der Waals surface area contributed by atoms with E-state index in [1.807, 2.05) is 43.6 Å². The van der Waals surface area contributed by atoms with Crippen LogP contribution in [0.5, 0.6) is 5.75 Å². The summed E-state index contributed by atoms with van der Waals surface area (Å²) < 4.78 is 5.42. The molecular formula is C20H28IN5O. The van der Waals surface area contributed by atoms with Crippen molar-refractivity contribution in [2.45, 2.75) is 6.42 Å². The molecular weight excluding hydrogens is 453 g/mol. The molecule has 0 radical (unpaired) electrons. The normalized spacial score (nSPS) is 14.5. The number of pyridine rings is 1. The summed E-state index contributed by atoms with van der Waals surface area (Å²) in [6.45, 7) is 4.59. The summed E-state index contributed by atoms with van der Waals surface area (Å²) in [6, 6.07) is 14.2. The molecule has 2 aromatic rings. The lowest BCUT2D eigenvalue weighted by molar-refractivity contribution is 0.371. The predicted molar refractivity (Wildman–Crippen MR) is 121 cm³/mol. The van der Waals surface area contributed by atoms with Crippen molar-refractivity contribution in [1.82, 2.24) is 15.2 Å². The summed E-state index contributed by atoms with van der Waals surface area (Å²) in [5, 5.41) is 3.48. The standard InChI is InChI=1S/C20H27N5O.HI/c1-21-20(23-12-10-17-7-3-4-8-18(17)26-2)25-15-13-24(14-16-25)19-9-5-6-11-22-19;/h3-9,11H,10,12-16H2,1-2H3,(H,21,23);1H. The summed E-state index contributed by atoms with van der Waals surface area (Å²) >= 11 is 0. The van der Waals surface area contributed by atoms with Crippen molar-refractivity contribution in [2.24, 2.45) is 4.99 Å². The molecule has 7 heteroatoms. The Labute approximate surface area is 178 Å². The quantitative estimate of drug-likeness (QED) is 0.405. The summed E-state index contributed by atoms with van der Waals surface area (Å²) in [7, 11) is 3.56. The molecule has 0 aliphatic carbocycles. The highest BCUT2D eigenvalue weighted by molar-refractivity contribution is 14.0. The number of rotatable bonds is 5. The lowest BCUT2D eigenvalue weighted by atomic mass is 10.1. The molecule has 1 fully saturated rings. The molecule has 3 rings (SSSR count). The van der Waals surface area contributed by atoms with Gasteiger partial charge in [-0.2, -0.15) is 0 Å². The summed E-state index contributed by atoms with van der Waals surface area (Å²) in [4.78, 5) is 13.5. The number of hydrogen-bond donors (Lipinski definition) is 1. The molecule has 0 spiro atoms. The van der Waals surface area contributed by atoms with Gasteiger partial charge in [0.2, 0.25) is 0 Å². The van der Waals surface area contributed by atoms with Gasteiger partial charge in [0.25, 0.3) is 0 Å². The Hall–Kier alpha value is -2.03. The third kappa shape index (κ3) is 5.72. The average Bonchev–Trinajstić information content (AvgIpc) is 2.72. The molecule has 1 aliphatic heterocycles. The van der Waals surface area contributed by atoms with E-state index in [0.29, 0.717) is 0 Å². The largest absolute Gasteiger partial charge is 0.496 e. The first-order valence-electron chi connectivity index (χ1n) is 9.05. The number of ether oxygens (including phenoxy) is 1. The number of benzene rings is 1. The maximum atomic E-state index is 5.42. The molecule has 0 bridgehead atoms. The van der Waals surface area contributed by atoms with Gasteiger partial charge in [0.15, 0.2) is 5.96 Å². The molecule has 1 saturated heterocycles. The average molecular weight is 481 g/mol. The van der Waals surface area contributed by atoms with Gasteiger partial charge in [-0.3, -0.25) is 4.99 Å². The van der Waals surface area contributed by atoms with Gasteiger partial charge in [0.05, 0.1) is 7.11 Å². The Morgan fingerprint density at radius 2 is 1.85 bits per heavy atom. The van der Waals surface area contributed by atoms with Crippen molar-refractivity contribution >= 4 is 35.8 Å². The third-order valence-electron chi connectivity index (χ3n) is 4.63. The van der Waals surface area contributed by atoms with Gasteiger partial charge in [-0.05, 0) is 30.2 Å². The van der Waals surface area contributed by atoms with Gasteiger partial charge < -0.3 is 19.9 Å². The fraction of sp³-hybridized carbons (Fsp3) is 0.400. The fourth-order valence-corrected chi connectivity index (χ4v) is 3.24. The fourth-order valence-electron chi connectivity index (χ4n) is 3.24. The number of nitrogens with one attached hydrogen (secondary N) is 1. The van der Waals surface area contributed by atoms with Crippen LogP contribution in [0.15, 0.2) is 53.7 Å². The Balaban J connectivity index is 0.00000261. The highest BCUT2D eigenvalue weighted by Gasteiger charge is 2.20. The number of aliphatic imine (C=N–C) groups is 1. The lowest BCUT2D eigenvalue weighted by Crippen LogP contribution is -2.53. The molecule has 1 aromatic heterocycles. The maximum absolute atomic E-state index is 5.42. The second-order valence-electron chi connectivity index (χ2n) is 6.20. The zero-order valence-corrected chi connectivity index (χ0v) is 18.3. The highest BCUT2D eigenvalue weighted by Crippen LogP contribution is 2.17. The van der Waals surface area contributed by atoms with E-state index >= 15 is 0 Å². The first-order valence-corrected chi connectivity index (χ1v) is 9.05. The molecule has 6 nitrogen and oxygen atoms in total. The van der Waals surface area contributed by atoms with Gasteiger partial charge in [-0.25, -0.2) is 4.98 Å². The van der Waals surface area contributed by atoms with Crippen molar-refractivity contribution in [3.63, 3.8) is 0 Å². The van der Waals surface area contributed by atoms with Crippen LogP contribution in [0.2, 0.25) is 0 Å². The van der Waals surface area contributed by atoms with E-state index in [0.717, 1.165) is 56.7 Å². The minimum Gasteiger partial charge on any atom is -0.496 e. The monoisotopic (exact) mass is 481 g/mol. The summed E-state index contributed by atoms with van der Waals surface area (Å²) in [6.07, 6.45) is 2.75. The number of methoxy groups -OCH3 is 1. The van der Waals surface area contributed by atoms with E-state index < -0.39 is 0 Å². The lowest BCUT2D eigenvalue weighted by Gasteiger charge is -2.37. The Kier molecular flexibility index (Phi) is 8.63. The summed E-state index contributed by atoms with van der Waals surface area (Å²) in [5.41, 5.74) is 1.21. The first-order chi connectivity index (χ1) is 12.8. The predicted octanol–water partition coefficient (Wildman–Crippen LogP) is 2.65. The van der Waals surface area contributed by atoms with Gasteiger partial charge >= 0.3 is 0 Å². The van der Waals surface area contributed by atoms with Gasteiger partial charge in [-0.1, -0.05) is 24.3 Å². The molecule has 2 heterocycles. The number of piperazine rings is 1. The smallest absolute Gasteiger partial charge is 0.193 e. The molecule has 0 unspecified atom stereocenters.